The molecule has 0 aliphatic carbocycles. The Kier molecular flexibility index (Phi) is 9.96. The summed E-state index contributed by atoms with van der Waals surface area (Å²) in [6, 6.07) is 75.8. The van der Waals surface area contributed by atoms with Gasteiger partial charge in [-0.05, 0) is 106 Å². The molecule has 5 nitrogen and oxygen atoms in total. The molecule has 0 atom stereocenters. The molecule has 70 heavy (non-hydrogen) atoms. The quantitative estimate of drug-likeness (QED) is 0.167. The zero-order valence-corrected chi connectivity index (χ0v) is 39.6. The Bertz CT molecular complexity index is 4350. The Balaban J connectivity index is 0.00000237. The molecule has 0 aliphatic rings. The van der Waals surface area contributed by atoms with Crippen LogP contribution in [0.1, 0.15) is 19.4 Å². The van der Waals surface area contributed by atoms with Crippen molar-refractivity contribution in [1.82, 2.24) is 19.5 Å². The van der Waals surface area contributed by atoms with Crippen LogP contribution in [-0.4, -0.2) is 19.5 Å². The van der Waals surface area contributed by atoms with Gasteiger partial charge in [-0.15, -0.1) is 11.3 Å². The molecule has 0 fully saturated rings. The van der Waals surface area contributed by atoms with E-state index in [4.69, 9.17) is 19.4 Å². The maximum absolute atomic E-state index is 6.38. The molecule has 4 aromatic heterocycles. The van der Waals surface area contributed by atoms with Gasteiger partial charge in [0.05, 0.1) is 11.0 Å². The van der Waals surface area contributed by atoms with E-state index in [2.05, 4.69) is 187 Å². The van der Waals surface area contributed by atoms with Crippen LogP contribution in [0.3, 0.4) is 0 Å². The summed E-state index contributed by atoms with van der Waals surface area (Å²) < 4.78 is 11.3. The van der Waals surface area contributed by atoms with Crippen molar-refractivity contribution < 1.29 is 4.42 Å². The maximum atomic E-state index is 6.38. The smallest absolute Gasteiger partial charge is 0.238 e. The van der Waals surface area contributed by atoms with Crippen LogP contribution < -0.4 is 0 Å². The second kappa shape index (κ2) is 16.8. The first-order valence-electron chi connectivity index (χ1n) is 23.9. The van der Waals surface area contributed by atoms with Crippen LogP contribution in [0.4, 0.5) is 0 Å². The van der Waals surface area contributed by atoms with Crippen LogP contribution in [0.25, 0.3) is 137 Å². The van der Waals surface area contributed by atoms with Gasteiger partial charge >= 0.3 is 0 Å². The molecule has 0 saturated carbocycles. The van der Waals surface area contributed by atoms with E-state index < -0.39 is 0 Å². The summed E-state index contributed by atoms with van der Waals surface area (Å²) in [5.41, 5.74) is 13.5. The molecule has 0 aliphatic heterocycles. The predicted octanol–water partition coefficient (Wildman–Crippen LogP) is 18.1. The van der Waals surface area contributed by atoms with Gasteiger partial charge in [-0.3, -0.25) is 4.57 Å². The summed E-state index contributed by atoms with van der Waals surface area (Å²) in [5.74, 6) is 1.69. The number of hydrogen-bond donors (Lipinski definition) is 0. The molecule has 4 heterocycles. The molecule has 10 aromatic carbocycles. The van der Waals surface area contributed by atoms with Crippen molar-refractivity contribution in [2.24, 2.45) is 0 Å². The van der Waals surface area contributed by atoms with Crippen LogP contribution in [0.2, 0.25) is 0 Å². The van der Waals surface area contributed by atoms with E-state index in [1.54, 1.807) is 0 Å². The lowest BCUT2D eigenvalue weighted by molar-refractivity contribution is 0.669. The summed E-state index contributed by atoms with van der Waals surface area (Å²) in [5, 5.41) is 9.39. The monoisotopic (exact) mass is 916 g/mol. The number of rotatable bonds is 6. The van der Waals surface area contributed by atoms with Crippen molar-refractivity contribution in [3.05, 3.63) is 218 Å². The third-order valence-corrected chi connectivity index (χ3v) is 14.7. The molecular formula is C64H44N4OS. The molecule has 14 aromatic rings. The first-order valence-corrected chi connectivity index (χ1v) is 24.7. The van der Waals surface area contributed by atoms with Crippen molar-refractivity contribution in [2.75, 3.05) is 0 Å². The fourth-order valence-corrected chi connectivity index (χ4v) is 11.4. The average molecular weight is 917 g/mol. The molecule has 0 N–H and O–H groups in total. The lowest BCUT2D eigenvalue weighted by Gasteiger charge is -2.14. The minimum atomic E-state index is 0.540. The number of aryl methyl sites for hydroxylation is 1. The van der Waals surface area contributed by atoms with Gasteiger partial charge in [0.25, 0.3) is 0 Å². The van der Waals surface area contributed by atoms with Gasteiger partial charge in [-0.2, -0.15) is 9.97 Å². The first kappa shape index (κ1) is 41.5. The second-order valence-corrected chi connectivity index (χ2v) is 18.7. The summed E-state index contributed by atoms with van der Waals surface area (Å²) >= 11 is 1.86. The Morgan fingerprint density at radius 2 is 0.986 bits per heavy atom. The Labute approximate surface area is 408 Å². The number of para-hydroxylation sites is 2. The van der Waals surface area contributed by atoms with Gasteiger partial charge in [0.2, 0.25) is 5.95 Å². The number of aromatic nitrogens is 4. The van der Waals surface area contributed by atoms with Crippen molar-refractivity contribution in [1.29, 1.82) is 0 Å². The molecule has 0 spiro atoms. The highest BCUT2D eigenvalue weighted by Crippen LogP contribution is 2.42. The summed E-state index contributed by atoms with van der Waals surface area (Å²) in [7, 11) is 0. The average Bonchev–Trinajstić information content (AvgIpc) is 4.10. The van der Waals surface area contributed by atoms with Crippen molar-refractivity contribution in [2.45, 2.75) is 20.8 Å². The van der Waals surface area contributed by atoms with Gasteiger partial charge in [-0.1, -0.05) is 172 Å². The number of nitrogens with zero attached hydrogens (tertiary/aromatic N) is 4. The van der Waals surface area contributed by atoms with Crippen LogP contribution in [-0.2, 0) is 0 Å². The lowest BCUT2D eigenvalue weighted by atomic mass is 9.95. The van der Waals surface area contributed by atoms with Gasteiger partial charge in [-0.25, -0.2) is 4.98 Å². The Hall–Kier alpha value is -8.71. The van der Waals surface area contributed by atoms with E-state index in [0.717, 1.165) is 77.1 Å². The third kappa shape index (κ3) is 6.87. The van der Waals surface area contributed by atoms with Crippen LogP contribution in [0, 0.1) is 6.92 Å². The first-order chi connectivity index (χ1) is 34.6. The molecule has 6 heteroatoms. The van der Waals surface area contributed by atoms with Crippen LogP contribution in [0.15, 0.2) is 217 Å². The highest BCUT2D eigenvalue weighted by atomic mass is 32.1. The fourth-order valence-electron chi connectivity index (χ4n) is 10.3. The lowest BCUT2D eigenvalue weighted by Crippen LogP contribution is -2.07. The standard InChI is InChI=1S/C62H38N4OS.C2H6/c1-37-13-9-19-44-33-53-51-24-12-23-46(43-20-11-18-41(32-43)39-16-10-17-40(31-39)42-27-30-50-49-22-6-8-26-57(49)68-58(50)35-42)59(51)66(54(53)36-52(37)44)62-64-60(38-14-3-2-4-15-38)63-61(65-62)45-28-29-48-47-21-5-7-25-55(47)67-56(48)34-45;1-2/h2-36H,1H3;1-2H3. The number of thiophene rings is 1. The Morgan fingerprint density at radius 3 is 1.81 bits per heavy atom. The van der Waals surface area contributed by atoms with Crippen LogP contribution in [0.5, 0.6) is 0 Å². The van der Waals surface area contributed by atoms with Crippen molar-refractivity contribution in [3.63, 3.8) is 0 Å². The minimum absolute atomic E-state index is 0.540. The third-order valence-electron chi connectivity index (χ3n) is 13.6. The number of hydrogen-bond acceptors (Lipinski definition) is 5. The SMILES string of the molecule is CC.Cc1cccc2cc3c4cccc(-c5cccc(-c6cccc(-c7ccc8c(c7)sc7ccccc78)c6)c5)c4n(-c4nc(-c5ccccc5)nc(-c5ccc6c(c5)oc5ccccc56)n4)c3cc12. The maximum Gasteiger partial charge on any atom is 0.238 e. The van der Waals surface area contributed by atoms with E-state index in [9.17, 15) is 0 Å². The van der Waals surface area contributed by atoms with Crippen LogP contribution >= 0.6 is 11.3 Å². The molecule has 0 saturated heterocycles. The molecule has 14 rings (SSSR count). The fraction of sp³-hybridized carbons (Fsp3) is 0.0469. The number of furan rings is 1. The number of benzene rings is 10. The van der Waals surface area contributed by atoms with Gasteiger partial charge in [0.1, 0.15) is 11.2 Å². The van der Waals surface area contributed by atoms with E-state index >= 15 is 0 Å². The summed E-state index contributed by atoms with van der Waals surface area (Å²) in [4.78, 5) is 15.9. The number of fused-ring (bicyclic) bond motifs is 10. The molecule has 332 valence electrons. The predicted molar refractivity (Wildman–Crippen MR) is 295 cm³/mol. The topological polar surface area (TPSA) is 56.7 Å². The molecule has 0 amide bonds. The molecular weight excluding hydrogens is 873 g/mol. The van der Waals surface area contributed by atoms with Crippen molar-refractivity contribution >= 4 is 86.0 Å². The normalized spacial score (nSPS) is 11.6. The zero-order chi connectivity index (χ0) is 46.9. The summed E-state index contributed by atoms with van der Waals surface area (Å²) in [6.45, 7) is 6.18. The highest BCUT2D eigenvalue weighted by Gasteiger charge is 2.22. The van der Waals surface area contributed by atoms with E-state index in [0.29, 0.717) is 17.6 Å². The molecule has 0 bridgehead atoms. The second-order valence-electron chi connectivity index (χ2n) is 17.6. The van der Waals surface area contributed by atoms with Gasteiger partial charge in [0, 0.05) is 58.4 Å². The van der Waals surface area contributed by atoms with Crippen molar-refractivity contribution in [3.8, 4) is 62.1 Å². The highest BCUT2D eigenvalue weighted by molar-refractivity contribution is 7.25. The Morgan fingerprint density at radius 1 is 0.386 bits per heavy atom. The van der Waals surface area contributed by atoms with E-state index in [-0.39, 0.29) is 0 Å². The largest absolute Gasteiger partial charge is 0.456 e. The van der Waals surface area contributed by atoms with E-state index in [1.807, 2.05) is 61.6 Å². The molecule has 0 unspecified atom stereocenters. The molecule has 0 radical (unpaired) electrons. The zero-order valence-electron chi connectivity index (χ0n) is 38.8. The summed E-state index contributed by atoms with van der Waals surface area (Å²) in [6.07, 6.45) is 0. The van der Waals surface area contributed by atoms with Gasteiger partial charge < -0.3 is 4.42 Å². The minimum Gasteiger partial charge on any atom is -0.456 e. The van der Waals surface area contributed by atoms with Gasteiger partial charge in [0.15, 0.2) is 11.6 Å². The van der Waals surface area contributed by atoms with E-state index in [1.165, 1.54) is 47.6 Å².